The van der Waals surface area contributed by atoms with Gasteiger partial charge in [-0.05, 0) is 17.5 Å². The van der Waals surface area contributed by atoms with Gasteiger partial charge in [-0.3, -0.25) is 9.78 Å². The standard InChI is InChI=1S/C12H19N3O/c1-9(2)12(15-8-11(16)13-3)10-5-4-6-14-7-10/h4-7,9,12,15H,8H2,1-3H3,(H,13,16). The van der Waals surface area contributed by atoms with Gasteiger partial charge in [0.05, 0.1) is 6.54 Å². The van der Waals surface area contributed by atoms with Crippen LogP contribution in [0.4, 0.5) is 0 Å². The molecule has 0 spiro atoms. The van der Waals surface area contributed by atoms with Gasteiger partial charge in [-0.2, -0.15) is 0 Å². The van der Waals surface area contributed by atoms with Crippen LogP contribution < -0.4 is 10.6 Å². The van der Waals surface area contributed by atoms with Crippen LogP contribution in [-0.4, -0.2) is 24.5 Å². The molecule has 0 aliphatic heterocycles. The first kappa shape index (κ1) is 12.6. The molecule has 1 aromatic rings. The average molecular weight is 221 g/mol. The van der Waals surface area contributed by atoms with Crippen LogP contribution in [0.15, 0.2) is 24.5 Å². The first-order chi connectivity index (χ1) is 7.65. The fourth-order valence-corrected chi connectivity index (χ4v) is 1.59. The maximum atomic E-state index is 11.2. The van der Waals surface area contributed by atoms with Gasteiger partial charge in [0, 0.05) is 25.5 Å². The van der Waals surface area contributed by atoms with E-state index in [1.54, 1.807) is 13.2 Å². The lowest BCUT2D eigenvalue weighted by Crippen LogP contribution is -2.35. The molecule has 0 aromatic carbocycles. The minimum atomic E-state index is -0.00506. The number of rotatable bonds is 5. The molecule has 0 radical (unpaired) electrons. The fourth-order valence-electron chi connectivity index (χ4n) is 1.59. The van der Waals surface area contributed by atoms with Crippen LogP contribution in [0, 0.1) is 5.92 Å². The van der Waals surface area contributed by atoms with E-state index in [1.165, 1.54) is 0 Å². The minimum Gasteiger partial charge on any atom is -0.358 e. The van der Waals surface area contributed by atoms with Crippen LogP contribution in [0.1, 0.15) is 25.5 Å². The molecule has 88 valence electrons. The van der Waals surface area contributed by atoms with Gasteiger partial charge < -0.3 is 10.6 Å². The number of hydrogen-bond acceptors (Lipinski definition) is 3. The highest BCUT2D eigenvalue weighted by Gasteiger charge is 2.15. The van der Waals surface area contributed by atoms with Crippen molar-refractivity contribution >= 4 is 5.91 Å². The summed E-state index contributed by atoms with van der Waals surface area (Å²) in [5.41, 5.74) is 1.11. The summed E-state index contributed by atoms with van der Waals surface area (Å²) in [6.45, 7) is 4.57. The first-order valence-corrected chi connectivity index (χ1v) is 5.49. The van der Waals surface area contributed by atoms with Gasteiger partial charge in [-0.15, -0.1) is 0 Å². The van der Waals surface area contributed by atoms with Crippen LogP contribution in [0.5, 0.6) is 0 Å². The van der Waals surface area contributed by atoms with Gasteiger partial charge in [0.25, 0.3) is 0 Å². The molecule has 1 rings (SSSR count). The Hall–Kier alpha value is -1.42. The third-order valence-corrected chi connectivity index (χ3v) is 2.47. The van der Waals surface area contributed by atoms with Crippen molar-refractivity contribution in [2.45, 2.75) is 19.9 Å². The zero-order valence-electron chi connectivity index (χ0n) is 10.0. The van der Waals surface area contributed by atoms with E-state index in [9.17, 15) is 4.79 Å². The number of nitrogens with one attached hydrogen (secondary N) is 2. The molecule has 0 fully saturated rings. The number of pyridine rings is 1. The third-order valence-electron chi connectivity index (χ3n) is 2.47. The number of likely N-dealkylation sites (N-methyl/N-ethyl adjacent to an activating group) is 1. The SMILES string of the molecule is CNC(=O)CNC(c1cccnc1)C(C)C. The number of carbonyl (C=O) groups excluding carboxylic acids is 1. The van der Waals surface area contributed by atoms with Crippen LogP contribution in [0.3, 0.4) is 0 Å². The largest absolute Gasteiger partial charge is 0.358 e. The van der Waals surface area contributed by atoms with E-state index in [1.807, 2.05) is 18.3 Å². The van der Waals surface area contributed by atoms with Crippen molar-refractivity contribution in [1.82, 2.24) is 15.6 Å². The fraction of sp³-hybridized carbons (Fsp3) is 0.500. The van der Waals surface area contributed by atoms with Gasteiger partial charge in [0.15, 0.2) is 0 Å². The molecule has 1 atom stereocenters. The first-order valence-electron chi connectivity index (χ1n) is 5.49. The van der Waals surface area contributed by atoms with Crippen molar-refractivity contribution < 1.29 is 4.79 Å². The van der Waals surface area contributed by atoms with Crippen molar-refractivity contribution in [2.24, 2.45) is 5.92 Å². The molecule has 0 saturated carbocycles. The Morgan fingerprint density at radius 1 is 1.50 bits per heavy atom. The highest BCUT2D eigenvalue weighted by molar-refractivity contribution is 5.77. The topological polar surface area (TPSA) is 54.0 Å². The summed E-state index contributed by atoms with van der Waals surface area (Å²) >= 11 is 0. The van der Waals surface area contributed by atoms with E-state index >= 15 is 0 Å². The maximum absolute atomic E-state index is 11.2. The Morgan fingerprint density at radius 3 is 2.75 bits per heavy atom. The predicted octanol–water partition coefficient (Wildman–Crippen LogP) is 1.11. The number of carbonyl (C=O) groups is 1. The molecule has 1 aromatic heterocycles. The van der Waals surface area contributed by atoms with Crippen molar-refractivity contribution in [3.63, 3.8) is 0 Å². The number of nitrogens with zero attached hydrogens (tertiary/aromatic N) is 1. The molecule has 4 heteroatoms. The van der Waals surface area contributed by atoms with Crippen LogP contribution in [0.25, 0.3) is 0 Å². The smallest absolute Gasteiger partial charge is 0.233 e. The molecular weight excluding hydrogens is 202 g/mol. The maximum Gasteiger partial charge on any atom is 0.233 e. The molecule has 0 aliphatic rings. The lowest BCUT2D eigenvalue weighted by atomic mass is 9.97. The molecule has 16 heavy (non-hydrogen) atoms. The van der Waals surface area contributed by atoms with Crippen LogP contribution >= 0.6 is 0 Å². The van der Waals surface area contributed by atoms with E-state index in [0.29, 0.717) is 12.5 Å². The quantitative estimate of drug-likeness (QED) is 0.783. The summed E-state index contributed by atoms with van der Waals surface area (Å²) in [7, 11) is 1.64. The average Bonchev–Trinajstić information content (AvgIpc) is 2.30. The lowest BCUT2D eigenvalue weighted by Gasteiger charge is -2.22. The van der Waals surface area contributed by atoms with Gasteiger partial charge in [0.2, 0.25) is 5.91 Å². The van der Waals surface area contributed by atoms with E-state index in [-0.39, 0.29) is 11.9 Å². The summed E-state index contributed by atoms with van der Waals surface area (Å²) in [4.78, 5) is 15.3. The molecule has 2 N–H and O–H groups in total. The highest BCUT2D eigenvalue weighted by atomic mass is 16.1. The molecule has 1 heterocycles. The summed E-state index contributed by atoms with van der Waals surface area (Å²) in [6, 6.07) is 4.09. The molecule has 0 aliphatic carbocycles. The number of amides is 1. The van der Waals surface area contributed by atoms with Crippen molar-refractivity contribution in [2.75, 3.05) is 13.6 Å². The lowest BCUT2D eigenvalue weighted by molar-refractivity contribution is -0.119. The van der Waals surface area contributed by atoms with Gasteiger partial charge in [0.1, 0.15) is 0 Å². The van der Waals surface area contributed by atoms with Crippen molar-refractivity contribution in [3.05, 3.63) is 30.1 Å². The summed E-state index contributed by atoms with van der Waals surface area (Å²) in [5.74, 6) is 0.406. The van der Waals surface area contributed by atoms with E-state index in [2.05, 4.69) is 29.5 Å². The van der Waals surface area contributed by atoms with Gasteiger partial charge >= 0.3 is 0 Å². The Balaban J connectivity index is 2.66. The molecule has 0 bridgehead atoms. The van der Waals surface area contributed by atoms with Crippen molar-refractivity contribution in [3.8, 4) is 0 Å². The number of hydrogen-bond donors (Lipinski definition) is 2. The zero-order chi connectivity index (χ0) is 12.0. The molecule has 4 nitrogen and oxygen atoms in total. The zero-order valence-corrected chi connectivity index (χ0v) is 10.0. The second kappa shape index (κ2) is 6.23. The van der Waals surface area contributed by atoms with Crippen molar-refractivity contribution in [1.29, 1.82) is 0 Å². The van der Waals surface area contributed by atoms with Gasteiger partial charge in [-0.1, -0.05) is 19.9 Å². The third kappa shape index (κ3) is 3.62. The normalized spacial score (nSPS) is 12.5. The van der Waals surface area contributed by atoms with E-state index in [0.717, 1.165) is 5.56 Å². The second-order valence-corrected chi connectivity index (χ2v) is 4.06. The molecule has 0 saturated heterocycles. The molecule has 1 unspecified atom stereocenters. The number of aromatic nitrogens is 1. The van der Waals surface area contributed by atoms with Gasteiger partial charge in [-0.25, -0.2) is 0 Å². The van der Waals surface area contributed by atoms with E-state index < -0.39 is 0 Å². The summed E-state index contributed by atoms with van der Waals surface area (Å²) < 4.78 is 0. The Morgan fingerprint density at radius 2 is 2.25 bits per heavy atom. The summed E-state index contributed by atoms with van der Waals surface area (Å²) in [5, 5.41) is 5.83. The van der Waals surface area contributed by atoms with Crippen LogP contribution in [0.2, 0.25) is 0 Å². The monoisotopic (exact) mass is 221 g/mol. The highest BCUT2D eigenvalue weighted by Crippen LogP contribution is 2.19. The Kier molecular flexibility index (Phi) is 4.92. The Bertz CT molecular complexity index is 324. The molecular formula is C12H19N3O. The predicted molar refractivity (Wildman–Crippen MR) is 63.9 cm³/mol. The van der Waals surface area contributed by atoms with Crippen LogP contribution in [-0.2, 0) is 4.79 Å². The Labute approximate surface area is 96.5 Å². The van der Waals surface area contributed by atoms with E-state index in [4.69, 9.17) is 0 Å². The second-order valence-electron chi connectivity index (χ2n) is 4.06. The minimum absolute atomic E-state index is 0.00506. The summed E-state index contributed by atoms with van der Waals surface area (Å²) in [6.07, 6.45) is 3.58. The molecule has 1 amide bonds.